The van der Waals surface area contributed by atoms with Crippen molar-refractivity contribution in [3.8, 4) is 0 Å². The van der Waals surface area contributed by atoms with Crippen molar-refractivity contribution in [2.24, 2.45) is 4.99 Å². The molecular formula is C11H18N2O2. The van der Waals surface area contributed by atoms with Crippen LogP contribution < -0.4 is 0 Å². The lowest BCUT2D eigenvalue weighted by atomic mass is 10.2. The Morgan fingerprint density at radius 3 is 2.53 bits per heavy atom. The van der Waals surface area contributed by atoms with E-state index in [9.17, 15) is 4.79 Å². The van der Waals surface area contributed by atoms with E-state index in [4.69, 9.17) is 4.74 Å². The highest BCUT2D eigenvalue weighted by molar-refractivity contribution is 5.95. The van der Waals surface area contributed by atoms with E-state index in [-0.39, 0.29) is 6.09 Å². The minimum atomic E-state index is -0.469. The quantitative estimate of drug-likeness (QED) is 0.615. The van der Waals surface area contributed by atoms with Gasteiger partial charge in [0, 0.05) is 24.9 Å². The summed E-state index contributed by atoms with van der Waals surface area (Å²) in [5, 5.41) is 0. The van der Waals surface area contributed by atoms with Crippen LogP contribution in [0.15, 0.2) is 17.3 Å². The van der Waals surface area contributed by atoms with Crippen molar-refractivity contribution in [3.63, 3.8) is 0 Å². The molecule has 0 N–H and O–H groups in total. The lowest BCUT2D eigenvalue weighted by molar-refractivity contribution is 0.0348. The Morgan fingerprint density at radius 2 is 2.13 bits per heavy atom. The molecule has 1 aliphatic heterocycles. The van der Waals surface area contributed by atoms with Crippen molar-refractivity contribution in [2.75, 3.05) is 13.6 Å². The highest BCUT2D eigenvalue weighted by Gasteiger charge is 2.29. The van der Waals surface area contributed by atoms with Gasteiger partial charge in [0.15, 0.2) is 0 Å². The molecule has 0 aromatic carbocycles. The van der Waals surface area contributed by atoms with E-state index in [0.29, 0.717) is 13.0 Å². The van der Waals surface area contributed by atoms with Crippen LogP contribution >= 0.6 is 0 Å². The summed E-state index contributed by atoms with van der Waals surface area (Å²) < 4.78 is 5.26. The summed E-state index contributed by atoms with van der Waals surface area (Å²) in [4.78, 5) is 17.3. The zero-order valence-corrected chi connectivity index (χ0v) is 9.83. The molecule has 0 aromatic heterocycles. The largest absolute Gasteiger partial charge is 0.443 e. The third-order valence-corrected chi connectivity index (χ3v) is 2.06. The molecule has 0 unspecified atom stereocenters. The van der Waals surface area contributed by atoms with Crippen LogP contribution in [0.4, 0.5) is 4.79 Å². The van der Waals surface area contributed by atoms with Gasteiger partial charge in [-0.1, -0.05) is 6.58 Å². The third kappa shape index (κ3) is 3.08. The summed E-state index contributed by atoms with van der Waals surface area (Å²) >= 11 is 0. The highest BCUT2D eigenvalue weighted by atomic mass is 16.6. The van der Waals surface area contributed by atoms with Crippen LogP contribution in [-0.2, 0) is 4.74 Å². The van der Waals surface area contributed by atoms with Gasteiger partial charge in [-0.05, 0) is 20.8 Å². The lowest BCUT2D eigenvalue weighted by Crippen LogP contribution is -2.34. The lowest BCUT2D eigenvalue weighted by Gasteiger charge is -2.24. The van der Waals surface area contributed by atoms with Crippen LogP contribution in [0.3, 0.4) is 0 Å². The number of carbonyl (C=O) groups is 1. The fraction of sp³-hybridized carbons (Fsp3) is 0.636. The fourth-order valence-corrected chi connectivity index (χ4v) is 1.34. The topological polar surface area (TPSA) is 41.9 Å². The molecule has 4 nitrogen and oxygen atoms in total. The molecule has 4 heteroatoms. The Morgan fingerprint density at radius 1 is 1.53 bits per heavy atom. The molecule has 1 aliphatic rings. The molecule has 1 amide bonds. The van der Waals surface area contributed by atoms with Crippen molar-refractivity contribution in [2.45, 2.75) is 32.8 Å². The molecule has 0 aromatic rings. The van der Waals surface area contributed by atoms with E-state index in [0.717, 1.165) is 11.4 Å². The van der Waals surface area contributed by atoms with Crippen molar-refractivity contribution < 1.29 is 9.53 Å². The number of amides is 1. The molecule has 0 bridgehead atoms. The monoisotopic (exact) mass is 210 g/mol. The molecule has 0 spiro atoms. The first-order valence-corrected chi connectivity index (χ1v) is 4.96. The predicted molar refractivity (Wildman–Crippen MR) is 60.1 cm³/mol. The van der Waals surface area contributed by atoms with Gasteiger partial charge in [0.2, 0.25) is 0 Å². The highest BCUT2D eigenvalue weighted by Crippen LogP contribution is 2.20. The number of carbonyl (C=O) groups excluding carboxylic acids is 1. The first kappa shape index (κ1) is 11.8. The zero-order chi connectivity index (χ0) is 11.6. The Labute approximate surface area is 90.6 Å². The summed E-state index contributed by atoms with van der Waals surface area (Å²) in [5.74, 6) is 0. The molecule has 1 saturated heterocycles. The van der Waals surface area contributed by atoms with Gasteiger partial charge in [-0.3, -0.25) is 9.89 Å². The minimum Gasteiger partial charge on any atom is -0.443 e. The summed E-state index contributed by atoms with van der Waals surface area (Å²) in [5.41, 5.74) is 1.25. The number of ether oxygens (including phenoxy) is 1. The second-order valence-electron chi connectivity index (χ2n) is 4.60. The number of likely N-dealkylation sites (tertiary alicyclic amines) is 1. The van der Waals surface area contributed by atoms with Crippen LogP contribution in [0, 0.1) is 0 Å². The molecule has 0 radical (unpaired) electrons. The SMILES string of the molecule is C=C1CC(=NC)CN1C(=O)OC(C)(C)C. The molecule has 1 heterocycles. The minimum absolute atomic E-state index is 0.342. The zero-order valence-electron chi connectivity index (χ0n) is 9.83. The van der Waals surface area contributed by atoms with Crippen LogP contribution in [0.5, 0.6) is 0 Å². The molecule has 84 valence electrons. The second kappa shape index (κ2) is 4.04. The third-order valence-electron chi connectivity index (χ3n) is 2.06. The van der Waals surface area contributed by atoms with E-state index in [1.165, 1.54) is 4.90 Å². The summed E-state index contributed by atoms with van der Waals surface area (Å²) in [7, 11) is 1.72. The van der Waals surface area contributed by atoms with Crippen LogP contribution in [0.25, 0.3) is 0 Å². The van der Waals surface area contributed by atoms with E-state index in [1.54, 1.807) is 7.05 Å². The normalized spacial score (nSPS) is 19.9. The Hall–Kier alpha value is -1.32. The van der Waals surface area contributed by atoms with Crippen LogP contribution in [0.2, 0.25) is 0 Å². The predicted octanol–water partition coefficient (Wildman–Crippen LogP) is 2.21. The summed E-state index contributed by atoms with van der Waals surface area (Å²) in [6.45, 7) is 9.87. The average Bonchev–Trinajstić information content (AvgIpc) is 2.43. The number of allylic oxidation sites excluding steroid dienone is 1. The van der Waals surface area contributed by atoms with E-state index in [1.807, 2.05) is 20.8 Å². The molecule has 15 heavy (non-hydrogen) atoms. The maximum atomic E-state index is 11.7. The smallest absolute Gasteiger partial charge is 0.414 e. The average molecular weight is 210 g/mol. The second-order valence-corrected chi connectivity index (χ2v) is 4.60. The molecule has 0 aliphatic carbocycles. The maximum Gasteiger partial charge on any atom is 0.414 e. The number of rotatable bonds is 0. The number of hydrogen-bond donors (Lipinski definition) is 0. The van der Waals surface area contributed by atoms with E-state index >= 15 is 0 Å². The first-order valence-electron chi connectivity index (χ1n) is 4.96. The van der Waals surface area contributed by atoms with Gasteiger partial charge < -0.3 is 4.74 Å². The van der Waals surface area contributed by atoms with Gasteiger partial charge in [-0.15, -0.1) is 0 Å². The van der Waals surface area contributed by atoms with Gasteiger partial charge in [0.05, 0.1) is 6.54 Å². The van der Waals surface area contributed by atoms with Gasteiger partial charge in [-0.25, -0.2) is 4.79 Å². The number of aliphatic imine (C=N–C) groups is 1. The summed E-state index contributed by atoms with van der Waals surface area (Å²) in [6.07, 6.45) is 0.321. The Bertz CT molecular complexity index is 313. The van der Waals surface area contributed by atoms with Crippen LogP contribution in [-0.4, -0.2) is 35.9 Å². The Balaban J connectivity index is 2.66. The fourth-order valence-electron chi connectivity index (χ4n) is 1.34. The van der Waals surface area contributed by atoms with Crippen molar-refractivity contribution in [1.82, 2.24) is 4.90 Å². The molecular weight excluding hydrogens is 192 g/mol. The number of nitrogens with zero attached hydrogens (tertiary/aromatic N) is 2. The van der Waals surface area contributed by atoms with Crippen LogP contribution in [0.1, 0.15) is 27.2 Å². The Kier molecular flexibility index (Phi) is 3.17. The van der Waals surface area contributed by atoms with Crippen molar-refractivity contribution >= 4 is 11.8 Å². The standard InChI is InChI=1S/C11H18N2O2/c1-8-6-9(12-5)7-13(8)10(14)15-11(2,3)4/h1,6-7H2,2-5H3. The summed E-state index contributed by atoms with van der Waals surface area (Å²) in [6, 6.07) is 0. The van der Waals surface area contributed by atoms with Gasteiger partial charge in [0.1, 0.15) is 5.60 Å². The van der Waals surface area contributed by atoms with Crippen molar-refractivity contribution in [3.05, 3.63) is 12.3 Å². The molecule has 1 fully saturated rings. The van der Waals surface area contributed by atoms with Gasteiger partial charge >= 0.3 is 6.09 Å². The number of hydrogen-bond acceptors (Lipinski definition) is 3. The first-order chi connectivity index (χ1) is 6.83. The maximum absolute atomic E-state index is 11.7. The van der Waals surface area contributed by atoms with Crippen molar-refractivity contribution in [1.29, 1.82) is 0 Å². The molecule has 0 atom stereocenters. The van der Waals surface area contributed by atoms with Gasteiger partial charge in [0.25, 0.3) is 0 Å². The van der Waals surface area contributed by atoms with E-state index in [2.05, 4.69) is 11.6 Å². The molecule has 0 saturated carbocycles. The van der Waals surface area contributed by atoms with E-state index < -0.39 is 5.60 Å². The van der Waals surface area contributed by atoms with Gasteiger partial charge in [-0.2, -0.15) is 0 Å². The molecule has 1 rings (SSSR count).